The van der Waals surface area contributed by atoms with Gasteiger partial charge in [-0.1, -0.05) is 42.5 Å². The van der Waals surface area contributed by atoms with Gasteiger partial charge < -0.3 is 15.2 Å². The van der Waals surface area contributed by atoms with E-state index in [1.165, 1.54) is 12.0 Å². The van der Waals surface area contributed by atoms with Crippen molar-refractivity contribution in [1.82, 2.24) is 5.32 Å². The summed E-state index contributed by atoms with van der Waals surface area (Å²) in [6.07, 6.45) is 5.65. The fraction of sp³-hybridized carbons (Fsp3) is 0.409. The van der Waals surface area contributed by atoms with Crippen LogP contribution in [0, 0.1) is 0 Å². The molecule has 0 saturated carbocycles. The van der Waals surface area contributed by atoms with Crippen LogP contribution >= 0.6 is 0 Å². The number of ether oxygens (including phenoxy) is 1. The largest absolute Gasteiger partial charge is 0.494 e. The summed E-state index contributed by atoms with van der Waals surface area (Å²) in [7, 11) is 0. The van der Waals surface area contributed by atoms with Crippen molar-refractivity contribution >= 4 is 5.91 Å². The molecule has 0 atom stereocenters. The average Bonchev–Trinajstić information content (AvgIpc) is 2.69. The summed E-state index contributed by atoms with van der Waals surface area (Å²) in [5.41, 5.74) is 2.51. The summed E-state index contributed by atoms with van der Waals surface area (Å²) in [5.74, 6) is 0.844. The Balaban J connectivity index is 1.56. The summed E-state index contributed by atoms with van der Waals surface area (Å²) in [6.45, 7) is 1.03. The summed E-state index contributed by atoms with van der Waals surface area (Å²) >= 11 is 0. The molecule has 0 fully saturated rings. The van der Waals surface area contributed by atoms with Gasteiger partial charge in [0.2, 0.25) is 5.91 Å². The van der Waals surface area contributed by atoms with Crippen molar-refractivity contribution in [3.8, 4) is 5.75 Å². The standard InChI is InChI=1S/C22H29NO3/c24-17-16-23-22(25)15-12-20-10-13-21(14-11-20)26-18-6-2-5-9-19-7-3-1-4-8-19/h1,3-4,7-8,10-11,13-14,24H,2,5-6,9,12,15-18H2,(H,23,25). The van der Waals surface area contributed by atoms with Crippen LogP contribution in [0.1, 0.15) is 36.8 Å². The van der Waals surface area contributed by atoms with Gasteiger partial charge in [0, 0.05) is 13.0 Å². The van der Waals surface area contributed by atoms with Gasteiger partial charge in [-0.15, -0.1) is 0 Å². The molecule has 0 unspecified atom stereocenters. The molecule has 1 amide bonds. The second-order valence-electron chi connectivity index (χ2n) is 6.36. The number of carbonyl (C=O) groups is 1. The lowest BCUT2D eigenvalue weighted by Crippen LogP contribution is -2.26. The zero-order valence-electron chi connectivity index (χ0n) is 15.3. The van der Waals surface area contributed by atoms with Crippen LogP contribution in [0.3, 0.4) is 0 Å². The van der Waals surface area contributed by atoms with Crippen LogP contribution in [0.15, 0.2) is 54.6 Å². The van der Waals surface area contributed by atoms with Gasteiger partial charge >= 0.3 is 0 Å². The van der Waals surface area contributed by atoms with E-state index in [2.05, 4.69) is 35.6 Å². The van der Waals surface area contributed by atoms with Crippen LogP contribution in [0.4, 0.5) is 0 Å². The van der Waals surface area contributed by atoms with Crippen molar-refractivity contribution in [2.45, 2.75) is 38.5 Å². The van der Waals surface area contributed by atoms with Gasteiger partial charge in [0.1, 0.15) is 5.75 Å². The SMILES string of the molecule is O=C(CCc1ccc(OCCCCCc2ccccc2)cc1)NCCO. The van der Waals surface area contributed by atoms with Crippen LogP contribution in [-0.2, 0) is 17.6 Å². The Morgan fingerprint density at radius 1 is 0.885 bits per heavy atom. The van der Waals surface area contributed by atoms with Crippen LogP contribution in [0.2, 0.25) is 0 Å². The number of nitrogens with one attached hydrogen (secondary N) is 1. The van der Waals surface area contributed by atoms with E-state index in [0.717, 1.165) is 37.2 Å². The lowest BCUT2D eigenvalue weighted by atomic mass is 10.1. The fourth-order valence-corrected chi connectivity index (χ4v) is 2.74. The Hall–Kier alpha value is -2.33. The highest BCUT2D eigenvalue weighted by Crippen LogP contribution is 2.14. The molecule has 0 radical (unpaired) electrons. The lowest BCUT2D eigenvalue weighted by molar-refractivity contribution is -0.121. The third-order valence-electron chi connectivity index (χ3n) is 4.22. The molecule has 2 aromatic carbocycles. The summed E-state index contributed by atoms with van der Waals surface area (Å²) in [5, 5.41) is 11.3. The number of aliphatic hydroxyl groups excluding tert-OH is 1. The summed E-state index contributed by atoms with van der Waals surface area (Å²) in [4.78, 5) is 11.5. The van der Waals surface area contributed by atoms with Crippen molar-refractivity contribution < 1.29 is 14.6 Å². The Morgan fingerprint density at radius 2 is 1.62 bits per heavy atom. The zero-order valence-corrected chi connectivity index (χ0v) is 15.3. The molecule has 2 aromatic rings. The van der Waals surface area contributed by atoms with Gasteiger partial charge in [-0.2, -0.15) is 0 Å². The molecule has 0 bridgehead atoms. The number of aliphatic hydroxyl groups is 1. The maximum absolute atomic E-state index is 11.5. The molecule has 140 valence electrons. The first kappa shape index (κ1) is 20.0. The second kappa shape index (κ2) is 12.1. The number of carbonyl (C=O) groups excluding carboxylic acids is 1. The zero-order chi connectivity index (χ0) is 18.5. The Morgan fingerprint density at radius 3 is 2.35 bits per heavy atom. The molecule has 0 aliphatic rings. The first-order chi connectivity index (χ1) is 12.8. The van der Waals surface area contributed by atoms with Crippen LogP contribution < -0.4 is 10.1 Å². The minimum atomic E-state index is -0.0325. The first-order valence-electron chi connectivity index (χ1n) is 9.41. The molecule has 2 rings (SSSR count). The van der Waals surface area contributed by atoms with Crippen LogP contribution in [-0.4, -0.2) is 30.8 Å². The highest BCUT2D eigenvalue weighted by molar-refractivity contribution is 5.76. The van der Waals surface area contributed by atoms with Gasteiger partial charge in [0.05, 0.1) is 13.2 Å². The van der Waals surface area contributed by atoms with Crippen LogP contribution in [0.25, 0.3) is 0 Å². The van der Waals surface area contributed by atoms with E-state index in [0.29, 0.717) is 19.4 Å². The van der Waals surface area contributed by atoms with E-state index < -0.39 is 0 Å². The predicted octanol–water partition coefficient (Wildman–Crippen LogP) is 3.52. The van der Waals surface area contributed by atoms with E-state index in [1.54, 1.807) is 0 Å². The minimum absolute atomic E-state index is 0.0238. The van der Waals surface area contributed by atoms with E-state index in [9.17, 15) is 4.79 Å². The highest BCUT2D eigenvalue weighted by atomic mass is 16.5. The third-order valence-corrected chi connectivity index (χ3v) is 4.22. The second-order valence-corrected chi connectivity index (χ2v) is 6.36. The molecule has 0 aliphatic heterocycles. The topological polar surface area (TPSA) is 58.6 Å². The maximum atomic E-state index is 11.5. The molecule has 4 nitrogen and oxygen atoms in total. The smallest absolute Gasteiger partial charge is 0.220 e. The molecule has 0 saturated heterocycles. The minimum Gasteiger partial charge on any atom is -0.494 e. The quantitative estimate of drug-likeness (QED) is 0.573. The van der Waals surface area contributed by atoms with E-state index in [-0.39, 0.29) is 12.5 Å². The number of aryl methyl sites for hydroxylation is 2. The molecule has 26 heavy (non-hydrogen) atoms. The molecule has 0 spiro atoms. The van der Waals surface area contributed by atoms with Gasteiger partial charge in [-0.25, -0.2) is 0 Å². The average molecular weight is 355 g/mol. The molecular weight excluding hydrogens is 326 g/mol. The molecular formula is C22H29NO3. The Labute approximate surface area is 156 Å². The number of benzene rings is 2. The van der Waals surface area contributed by atoms with Gasteiger partial charge in [0.15, 0.2) is 0 Å². The number of hydrogen-bond donors (Lipinski definition) is 2. The van der Waals surface area contributed by atoms with Gasteiger partial charge in [-0.05, 0) is 55.4 Å². The van der Waals surface area contributed by atoms with Crippen molar-refractivity contribution in [2.75, 3.05) is 19.8 Å². The van der Waals surface area contributed by atoms with Crippen molar-refractivity contribution in [3.63, 3.8) is 0 Å². The number of unbranched alkanes of at least 4 members (excludes halogenated alkanes) is 2. The normalized spacial score (nSPS) is 10.5. The van der Waals surface area contributed by atoms with Crippen molar-refractivity contribution in [1.29, 1.82) is 0 Å². The van der Waals surface area contributed by atoms with Gasteiger partial charge in [-0.3, -0.25) is 4.79 Å². The molecule has 0 aromatic heterocycles. The van der Waals surface area contributed by atoms with Crippen molar-refractivity contribution in [3.05, 3.63) is 65.7 Å². The van der Waals surface area contributed by atoms with E-state index >= 15 is 0 Å². The monoisotopic (exact) mass is 355 g/mol. The third kappa shape index (κ3) is 8.17. The number of amides is 1. The van der Waals surface area contributed by atoms with Crippen molar-refractivity contribution in [2.24, 2.45) is 0 Å². The first-order valence-corrected chi connectivity index (χ1v) is 9.41. The molecule has 4 heteroatoms. The van der Waals surface area contributed by atoms with Crippen LogP contribution in [0.5, 0.6) is 5.75 Å². The number of rotatable bonds is 12. The van der Waals surface area contributed by atoms with Gasteiger partial charge in [0.25, 0.3) is 0 Å². The molecule has 0 heterocycles. The van der Waals surface area contributed by atoms with E-state index in [1.807, 2.05) is 24.3 Å². The predicted molar refractivity (Wildman–Crippen MR) is 104 cm³/mol. The number of hydrogen-bond acceptors (Lipinski definition) is 3. The maximum Gasteiger partial charge on any atom is 0.220 e. The lowest BCUT2D eigenvalue weighted by Gasteiger charge is -2.08. The summed E-state index contributed by atoms with van der Waals surface area (Å²) < 4.78 is 5.78. The highest BCUT2D eigenvalue weighted by Gasteiger charge is 2.02. The fourth-order valence-electron chi connectivity index (χ4n) is 2.74. The van der Waals surface area contributed by atoms with E-state index in [4.69, 9.17) is 9.84 Å². The summed E-state index contributed by atoms with van der Waals surface area (Å²) in [6, 6.07) is 18.5. The molecule has 0 aliphatic carbocycles. The Bertz CT molecular complexity index is 626. The molecule has 2 N–H and O–H groups in total. The Kier molecular flexibility index (Phi) is 9.30.